The van der Waals surface area contributed by atoms with Crippen molar-refractivity contribution in [1.82, 2.24) is 10.2 Å². The lowest BCUT2D eigenvalue weighted by Gasteiger charge is -2.34. The highest BCUT2D eigenvalue weighted by molar-refractivity contribution is 5.81. The molecule has 132 valence electrons. The van der Waals surface area contributed by atoms with Gasteiger partial charge < -0.3 is 15.0 Å². The molecule has 1 aliphatic rings. The second kappa shape index (κ2) is 9.25. The lowest BCUT2D eigenvalue weighted by molar-refractivity contribution is -0.149. The van der Waals surface area contributed by atoms with Crippen LogP contribution in [0.4, 0.5) is 4.39 Å². The Balaban J connectivity index is 2.07. The number of nitrogens with one attached hydrogen (secondary N) is 1. The molecule has 2 rings (SSSR count). The van der Waals surface area contributed by atoms with Gasteiger partial charge in [0, 0.05) is 25.2 Å². The van der Waals surface area contributed by atoms with Gasteiger partial charge in [-0.3, -0.25) is 4.79 Å². The molecule has 1 fully saturated rings. The quantitative estimate of drug-likeness (QED) is 0.510. The standard InChI is InChI=1S/C18H26FN3O2/c1-3-20-18(21-12-14-8-5-6-10-16(14)19)22-11-7-9-15(13-22)17(23)24-4-2/h5-6,8,10,15H,3-4,7,9,11-13H2,1-2H3,(H,20,21). The van der Waals surface area contributed by atoms with Crippen molar-refractivity contribution in [3.8, 4) is 0 Å². The van der Waals surface area contributed by atoms with Crippen LogP contribution in [0.2, 0.25) is 0 Å². The van der Waals surface area contributed by atoms with Gasteiger partial charge in [-0.2, -0.15) is 0 Å². The number of carbonyl (C=O) groups excluding carboxylic acids is 1. The monoisotopic (exact) mass is 335 g/mol. The first-order valence-corrected chi connectivity index (χ1v) is 8.59. The van der Waals surface area contributed by atoms with Crippen LogP contribution in [0.1, 0.15) is 32.3 Å². The summed E-state index contributed by atoms with van der Waals surface area (Å²) in [6.07, 6.45) is 1.75. The fraction of sp³-hybridized carbons (Fsp3) is 0.556. The Kier molecular flexibility index (Phi) is 7.03. The molecule has 0 amide bonds. The van der Waals surface area contributed by atoms with Gasteiger partial charge in [0.05, 0.1) is 19.1 Å². The van der Waals surface area contributed by atoms with Crippen LogP contribution in [-0.4, -0.2) is 43.1 Å². The molecule has 1 unspecified atom stereocenters. The molecule has 1 aromatic rings. The summed E-state index contributed by atoms with van der Waals surface area (Å²) < 4.78 is 18.9. The van der Waals surface area contributed by atoms with Gasteiger partial charge in [-0.05, 0) is 32.8 Å². The molecule has 1 saturated heterocycles. The molecule has 1 heterocycles. The zero-order chi connectivity index (χ0) is 17.4. The Hall–Kier alpha value is -2.11. The lowest BCUT2D eigenvalue weighted by atomic mass is 9.98. The number of hydrogen-bond acceptors (Lipinski definition) is 3. The molecule has 5 nitrogen and oxygen atoms in total. The van der Waals surface area contributed by atoms with Crippen LogP contribution < -0.4 is 5.32 Å². The summed E-state index contributed by atoms with van der Waals surface area (Å²) in [7, 11) is 0. The Morgan fingerprint density at radius 2 is 2.21 bits per heavy atom. The van der Waals surface area contributed by atoms with Gasteiger partial charge in [-0.1, -0.05) is 18.2 Å². The van der Waals surface area contributed by atoms with Gasteiger partial charge in [0.1, 0.15) is 5.82 Å². The van der Waals surface area contributed by atoms with E-state index in [0.29, 0.717) is 18.7 Å². The maximum absolute atomic E-state index is 13.8. The van der Waals surface area contributed by atoms with Crippen molar-refractivity contribution in [2.24, 2.45) is 10.9 Å². The van der Waals surface area contributed by atoms with Crippen LogP contribution in [-0.2, 0) is 16.1 Å². The molecule has 24 heavy (non-hydrogen) atoms. The predicted molar refractivity (Wildman–Crippen MR) is 92.1 cm³/mol. The van der Waals surface area contributed by atoms with Crippen molar-refractivity contribution in [3.05, 3.63) is 35.6 Å². The van der Waals surface area contributed by atoms with Crippen LogP contribution in [0.15, 0.2) is 29.3 Å². The summed E-state index contributed by atoms with van der Waals surface area (Å²) in [5.74, 6) is 0.193. The van der Waals surface area contributed by atoms with Crippen LogP contribution in [0, 0.1) is 11.7 Å². The number of nitrogens with zero attached hydrogens (tertiary/aromatic N) is 2. The number of halogens is 1. The third-order valence-corrected chi connectivity index (χ3v) is 4.03. The van der Waals surface area contributed by atoms with E-state index in [4.69, 9.17) is 4.74 Å². The highest BCUT2D eigenvalue weighted by Gasteiger charge is 2.28. The fourth-order valence-electron chi connectivity index (χ4n) is 2.83. The number of aliphatic imine (C=N–C) groups is 1. The number of rotatable bonds is 5. The van der Waals surface area contributed by atoms with Crippen LogP contribution in [0.25, 0.3) is 0 Å². The molecule has 1 aromatic carbocycles. The molecule has 0 bridgehead atoms. The molecule has 1 N–H and O–H groups in total. The minimum atomic E-state index is -0.250. The Morgan fingerprint density at radius 3 is 2.92 bits per heavy atom. The number of carbonyl (C=O) groups is 1. The summed E-state index contributed by atoms with van der Waals surface area (Å²) in [6.45, 7) is 6.62. The summed E-state index contributed by atoms with van der Waals surface area (Å²) in [5.41, 5.74) is 0.562. The van der Waals surface area contributed by atoms with Gasteiger partial charge >= 0.3 is 5.97 Å². The predicted octanol–water partition coefficient (Wildman–Crippen LogP) is 2.57. The van der Waals surface area contributed by atoms with Crippen LogP contribution in [0.3, 0.4) is 0 Å². The number of esters is 1. The maximum atomic E-state index is 13.8. The molecule has 1 atom stereocenters. The van der Waals surface area contributed by atoms with Crippen molar-refractivity contribution < 1.29 is 13.9 Å². The first-order chi connectivity index (χ1) is 11.7. The average Bonchev–Trinajstić information content (AvgIpc) is 2.60. The average molecular weight is 335 g/mol. The molecule has 0 spiro atoms. The third-order valence-electron chi connectivity index (χ3n) is 4.03. The minimum Gasteiger partial charge on any atom is -0.466 e. The zero-order valence-electron chi connectivity index (χ0n) is 14.4. The number of guanidine groups is 1. The molecule has 6 heteroatoms. The van der Waals surface area contributed by atoms with E-state index in [1.54, 1.807) is 18.2 Å². The fourth-order valence-corrected chi connectivity index (χ4v) is 2.83. The van der Waals surface area contributed by atoms with Crippen LogP contribution >= 0.6 is 0 Å². The van der Waals surface area contributed by atoms with Crippen molar-refractivity contribution >= 4 is 11.9 Å². The molecule has 1 aliphatic heterocycles. The van der Waals surface area contributed by atoms with Gasteiger partial charge in [0.2, 0.25) is 0 Å². The summed E-state index contributed by atoms with van der Waals surface area (Å²) in [5, 5.41) is 3.23. The van der Waals surface area contributed by atoms with Gasteiger partial charge in [0.25, 0.3) is 0 Å². The molecular weight excluding hydrogens is 309 g/mol. The van der Waals surface area contributed by atoms with E-state index in [1.807, 2.05) is 13.8 Å². The highest BCUT2D eigenvalue weighted by atomic mass is 19.1. The third kappa shape index (κ3) is 4.94. The molecule has 0 aliphatic carbocycles. The Morgan fingerprint density at radius 1 is 1.42 bits per heavy atom. The molecule has 0 saturated carbocycles. The van der Waals surface area contributed by atoms with Crippen LogP contribution in [0.5, 0.6) is 0 Å². The topological polar surface area (TPSA) is 53.9 Å². The van der Waals surface area contributed by atoms with Crippen molar-refractivity contribution in [2.75, 3.05) is 26.2 Å². The van der Waals surface area contributed by atoms with Crippen molar-refractivity contribution in [3.63, 3.8) is 0 Å². The number of hydrogen-bond donors (Lipinski definition) is 1. The number of ether oxygens (including phenoxy) is 1. The van der Waals surface area contributed by atoms with Gasteiger partial charge in [-0.25, -0.2) is 9.38 Å². The van der Waals surface area contributed by atoms with E-state index < -0.39 is 0 Å². The Bertz CT molecular complexity index is 577. The second-order valence-electron chi connectivity index (χ2n) is 5.80. The molecule has 0 radical (unpaired) electrons. The first kappa shape index (κ1) is 18.2. The summed E-state index contributed by atoms with van der Waals surface area (Å²) in [4.78, 5) is 18.6. The van der Waals surface area contributed by atoms with Crippen molar-refractivity contribution in [1.29, 1.82) is 0 Å². The zero-order valence-corrected chi connectivity index (χ0v) is 14.4. The lowest BCUT2D eigenvalue weighted by Crippen LogP contribution is -2.48. The van der Waals surface area contributed by atoms with E-state index in [1.165, 1.54) is 6.07 Å². The Labute approximate surface area is 142 Å². The van der Waals surface area contributed by atoms with Gasteiger partial charge in [-0.15, -0.1) is 0 Å². The van der Waals surface area contributed by atoms with E-state index in [2.05, 4.69) is 15.2 Å². The number of piperidine rings is 1. The number of benzene rings is 1. The first-order valence-electron chi connectivity index (χ1n) is 8.59. The normalized spacial score (nSPS) is 18.4. The second-order valence-corrected chi connectivity index (χ2v) is 5.80. The van der Waals surface area contributed by atoms with Gasteiger partial charge in [0.15, 0.2) is 5.96 Å². The smallest absolute Gasteiger partial charge is 0.310 e. The maximum Gasteiger partial charge on any atom is 0.310 e. The van der Waals surface area contributed by atoms with Crippen molar-refractivity contribution in [2.45, 2.75) is 33.2 Å². The SMILES string of the molecule is CCNC(=NCc1ccccc1F)N1CCCC(C(=O)OCC)C1. The minimum absolute atomic E-state index is 0.129. The highest BCUT2D eigenvalue weighted by Crippen LogP contribution is 2.18. The molecule has 0 aromatic heterocycles. The van der Waals surface area contributed by atoms with E-state index in [9.17, 15) is 9.18 Å². The largest absolute Gasteiger partial charge is 0.466 e. The van der Waals surface area contributed by atoms with E-state index in [-0.39, 0.29) is 24.2 Å². The number of likely N-dealkylation sites (tertiary alicyclic amines) is 1. The molecular formula is C18H26FN3O2. The summed E-state index contributed by atoms with van der Waals surface area (Å²) >= 11 is 0. The summed E-state index contributed by atoms with van der Waals surface area (Å²) in [6, 6.07) is 6.65. The van der Waals surface area contributed by atoms with E-state index in [0.717, 1.165) is 31.9 Å². The van der Waals surface area contributed by atoms with E-state index >= 15 is 0 Å².